The summed E-state index contributed by atoms with van der Waals surface area (Å²) in [7, 11) is -3.66. The molecule has 3 nitrogen and oxygen atoms in total. The van der Waals surface area contributed by atoms with Crippen LogP contribution < -0.4 is 4.31 Å². The van der Waals surface area contributed by atoms with Gasteiger partial charge in [0.2, 0.25) is 0 Å². The molecule has 26 heavy (non-hydrogen) atoms. The molecule has 3 rings (SSSR count). The lowest BCUT2D eigenvalue weighted by atomic mass is 10.1. The zero-order valence-electron chi connectivity index (χ0n) is 15.3. The van der Waals surface area contributed by atoms with Gasteiger partial charge in [0.05, 0.1) is 17.1 Å². The van der Waals surface area contributed by atoms with Gasteiger partial charge in [0.15, 0.2) is 0 Å². The van der Waals surface area contributed by atoms with Gasteiger partial charge in [-0.15, -0.1) is 0 Å². The van der Waals surface area contributed by atoms with Gasteiger partial charge in [0.1, 0.15) is 0 Å². The molecule has 0 aliphatic carbocycles. The molecular formula is C22H23NO2S. The number of nitrogens with zero attached hydrogens (tertiary/aromatic N) is 1. The first-order valence-corrected chi connectivity index (χ1v) is 10.0. The van der Waals surface area contributed by atoms with Crippen LogP contribution in [0.15, 0.2) is 77.7 Å². The van der Waals surface area contributed by atoms with Crippen molar-refractivity contribution in [2.45, 2.75) is 32.2 Å². The maximum Gasteiger partial charge on any atom is 0.264 e. The van der Waals surface area contributed by atoms with E-state index in [4.69, 9.17) is 0 Å². The minimum absolute atomic E-state index is 0.292. The van der Waals surface area contributed by atoms with Gasteiger partial charge in [0, 0.05) is 0 Å². The topological polar surface area (TPSA) is 37.4 Å². The Morgan fingerprint density at radius 3 is 2.04 bits per heavy atom. The molecule has 0 aliphatic heterocycles. The second-order valence-corrected chi connectivity index (χ2v) is 8.44. The number of anilines is 1. The van der Waals surface area contributed by atoms with E-state index in [2.05, 4.69) is 0 Å². The molecule has 0 saturated heterocycles. The lowest BCUT2D eigenvalue weighted by Crippen LogP contribution is -2.30. The van der Waals surface area contributed by atoms with Crippen LogP contribution in [-0.2, 0) is 16.6 Å². The average Bonchev–Trinajstić information content (AvgIpc) is 2.64. The summed E-state index contributed by atoms with van der Waals surface area (Å²) in [5.74, 6) is 0. The number of aryl methyl sites for hydroxylation is 3. The molecule has 0 spiro atoms. The Balaban J connectivity index is 2.09. The van der Waals surface area contributed by atoms with E-state index in [-0.39, 0.29) is 0 Å². The molecule has 0 bridgehead atoms. The Kier molecular flexibility index (Phi) is 5.14. The molecule has 4 heteroatoms. The minimum Gasteiger partial charge on any atom is -0.262 e. The van der Waals surface area contributed by atoms with Gasteiger partial charge in [0.25, 0.3) is 10.0 Å². The highest BCUT2D eigenvalue weighted by atomic mass is 32.2. The van der Waals surface area contributed by atoms with E-state index in [1.54, 1.807) is 24.3 Å². The molecular weight excluding hydrogens is 342 g/mol. The van der Waals surface area contributed by atoms with Gasteiger partial charge in [-0.3, -0.25) is 4.31 Å². The maximum absolute atomic E-state index is 13.3. The van der Waals surface area contributed by atoms with Crippen molar-refractivity contribution in [2.75, 3.05) is 4.31 Å². The quantitative estimate of drug-likeness (QED) is 0.637. The zero-order valence-corrected chi connectivity index (χ0v) is 16.1. The van der Waals surface area contributed by atoms with Crippen LogP contribution in [0.5, 0.6) is 0 Å². The molecule has 0 aromatic heterocycles. The Morgan fingerprint density at radius 2 is 1.42 bits per heavy atom. The van der Waals surface area contributed by atoms with Crippen LogP contribution in [0.25, 0.3) is 0 Å². The third-order valence-electron chi connectivity index (χ3n) is 4.56. The highest BCUT2D eigenvalue weighted by molar-refractivity contribution is 7.92. The van der Waals surface area contributed by atoms with Gasteiger partial charge in [-0.1, -0.05) is 54.1 Å². The predicted molar refractivity (Wildman–Crippen MR) is 107 cm³/mol. The summed E-state index contributed by atoms with van der Waals surface area (Å²) in [6, 6.07) is 22.3. The van der Waals surface area contributed by atoms with E-state index in [1.807, 2.05) is 69.3 Å². The van der Waals surface area contributed by atoms with E-state index in [1.165, 1.54) is 4.31 Å². The summed E-state index contributed by atoms with van der Waals surface area (Å²) < 4.78 is 28.1. The molecule has 0 fully saturated rings. The van der Waals surface area contributed by atoms with Crippen molar-refractivity contribution >= 4 is 15.7 Å². The van der Waals surface area contributed by atoms with Crippen molar-refractivity contribution in [3.63, 3.8) is 0 Å². The molecule has 0 amide bonds. The fourth-order valence-electron chi connectivity index (χ4n) is 2.77. The molecule has 0 N–H and O–H groups in total. The number of benzene rings is 3. The fraction of sp³-hybridized carbons (Fsp3) is 0.182. The summed E-state index contributed by atoms with van der Waals surface area (Å²) in [5.41, 5.74) is 4.99. The Labute approximate surface area is 156 Å². The Hall–Kier alpha value is -2.59. The van der Waals surface area contributed by atoms with Crippen LogP contribution >= 0.6 is 0 Å². The van der Waals surface area contributed by atoms with E-state index in [0.717, 1.165) is 22.3 Å². The molecule has 0 radical (unpaired) electrons. The third-order valence-corrected chi connectivity index (χ3v) is 6.34. The number of hydrogen-bond donors (Lipinski definition) is 0. The summed E-state index contributed by atoms with van der Waals surface area (Å²) in [4.78, 5) is 0.297. The molecule has 0 unspecified atom stereocenters. The predicted octanol–water partition coefficient (Wildman–Crippen LogP) is 5.01. The van der Waals surface area contributed by atoms with Crippen molar-refractivity contribution in [3.05, 3.63) is 95.1 Å². The van der Waals surface area contributed by atoms with Crippen molar-refractivity contribution in [2.24, 2.45) is 0 Å². The van der Waals surface area contributed by atoms with Gasteiger partial charge in [-0.2, -0.15) is 0 Å². The average molecular weight is 365 g/mol. The largest absolute Gasteiger partial charge is 0.264 e. The van der Waals surface area contributed by atoms with E-state index in [0.29, 0.717) is 17.1 Å². The smallest absolute Gasteiger partial charge is 0.262 e. The molecule has 0 atom stereocenters. The number of rotatable bonds is 5. The third kappa shape index (κ3) is 3.81. The Morgan fingerprint density at radius 1 is 0.769 bits per heavy atom. The van der Waals surface area contributed by atoms with Crippen LogP contribution in [0.1, 0.15) is 22.3 Å². The van der Waals surface area contributed by atoms with Crippen LogP contribution in [0, 0.1) is 20.8 Å². The molecule has 0 aliphatic rings. The SMILES string of the molecule is Cc1ccc(CN(c2ccc(C)c(C)c2)S(=O)(=O)c2ccccc2)cc1. The van der Waals surface area contributed by atoms with E-state index in [9.17, 15) is 8.42 Å². The van der Waals surface area contributed by atoms with Crippen molar-refractivity contribution in [1.29, 1.82) is 0 Å². The second kappa shape index (κ2) is 7.34. The zero-order chi connectivity index (χ0) is 18.7. The highest BCUT2D eigenvalue weighted by Gasteiger charge is 2.25. The first-order chi connectivity index (χ1) is 12.4. The molecule has 3 aromatic rings. The van der Waals surface area contributed by atoms with Crippen LogP contribution in [0.3, 0.4) is 0 Å². The fourth-order valence-corrected chi connectivity index (χ4v) is 4.24. The molecule has 0 saturated carbocycles. The van der Waals surface area contributed by atoms with E-state index < -0.39 is 10.0 Å². The van der Waals surface area contributed by atoms with Crippen LogP contribution in [0.2, 0.25) is 0 Å². The molecule has 0 heterocycles. The van der Waals surface area contributed by atoms with E-state index >= 15 is 0 Å². The van der Waals surface area contributed by atoms with Crippen molar-refractivity contribution in [3.8, 4) is 0 Å². The highest BCUT2D eigenvalue weighted by Crippen LogP contribution is 2.27. The number of sulfonamides is 1. The second-order valence-electron chi connectivity index (χ2n) is 6.58. The van der Waals surface area contributed by atoms with Crippen LogP contribution in [-0.4, -0.2) is 8.42 Å². The van der Waals surface area contributed by atoms with Gasteiger partial charge in [-0.05, 0) is 61.7 Å². The van der Waals surface area contributed by atoms with Crippen molar-refractivity contribution < 1.29 is 8.42 Å². The van der Waals surface area contributed by atoms with Gasteiger partial charge in [-0.25, -0.2) is 8.42 Å². The van der Waals surface area contributed by atoms with Crippen LogP contribution in [0.4, 0.5) is 5.69 Å². The monoisotopic (exact) mass is 365 g/mol. The van der Waals surface area contributed by atoms with Gasteiger partial charge < -0.3 is 0 Å². The standard InChI is InChI=1S/C22H23NO2S/c1-17-9-12-20(13-10-17)16-23(21-14-11-18(2)19(3)15-21)26(24,25)22-7-5-4-6-8-22/h4-15H,16H2,1-3H3. The number of hydrogen-bond acceptors (Lipinski definition) is 2. The molecule has 3 aromatic carbocycles. The Bertz CT molecular complexity index is 994. The lowest BCUT2D eigenvalue weighted by molar-refractivity contribution is 0.590. The molecule has 134 valence electrons. The van der Waals surface area contributed by atoms with Crippen molar-refractivity contribution in [1.82, 2.24) is 0 Å². The first-order valence-electron chi connectivity index (χ1n) is 8.58. The summed E-state index contributed by atoms with van der Waals surface area (Å²) in [6.45, 7) is 6.33. The first kappa shape index (κ1) is 18.2. The minimum atomic E-state index is -3.66. The summed E-state index contributed by atoms with van der Waals surface area (Å²) >= 11 is 0. The summed E-state index contributed by atoms with van der Waals surface area (Å²) in [6.07, 6.45) is 0. The lowest BCUT2D eigenvalue weighted by Gasteiger charge is -2.25. The normalized spacial score (nSPS) is 11.3. The van der Waals surface area contributed by atoms with Gasteiger partial charge >= 0.3 is 0 Å². The summed E-state index contributed by atoms with van der Waals surface area (Å²) in [5, 5.41) is 0. The maximum atomic E-state index is 13.3.